The number of fused-ring (bicyclic) bond motifs is 1. The van der Waals surface area contributed by atoms with E-state index in [4.69, 9.17) is 17.7 Å². The van der Waals surface area contributed by atoms with Gasteiger partial charge in [0.1, 0.15) is 0 Å². The Morgan fingerprint density at radius 2 is 1.55 bits per heavy atom. The highest BCUT2D eigenvalue weighted by Gasteiger charge is 2.41. The van der Waals surface area contributed by atoms with Crippen LogP contribution < -0.4 is 9.47 Å². The van der Waals surface area contributed by atoms with Gasteiger partial charge in [-0.3, -0.25) is 14.5 Å². The highest BCUT2D eigenvalue weighted by atomic mass is 16.5. The lowest BCUT2D eigenvalue weighted by Gasteiger charge is -2.32. The molecule has 2 aliphatic rings. The van der Waals surface area contributed by atoms with Gasteiger partial charge in [-0.05, 0) is 56.0 Å². The lowest BCUT2D eigenvalue weighted by atomic mass is 9.85. The third-order valence-electron chi connectivity index (χ3n) is 5.99. The monoisotopic (exact) mass is 399 g/mol. The summed E-state index contributed by atoms with van der Waals surface area (Å²) in [6.07, 6.45) is 2.12. The molecule has 0 saturated carbocycles. The molecule has 1 saturated heterocycles. The molecule has 0 atom stereocenters. The van der Waals surface area contributed by atoms with Crippen molar-refractivity contribution in [2.24, 2.45) is 11.8 Å². The van der Waals surface area contributed by atoms with E-state index in [2.05, 4.69) is 17.0 Å². The minimum Gasteiger partial charge on any atom is -0.493 e. The van der Waals surface area contributed by atoms with E-state index in [9.17, 15) is 9.59 Å². The second-order valence-electron chi connectivity index (χ2n) is 7.77. The van der Waals surface area contributed by atoms with Crippen molar-refractivity contribution in [2.45, 2.75) is 25.8 Å². The number of likely N-dealkylation sites (tertiary alicyclic amines) is 1. The lowest BCUT2D eigenvalue weighted by molar-refractivity contribution is 0.0791. The van der Waals surface area contributed by atoms with Crippen molar-refractivity contribution in [1.82, 2.24) is 4.90 Å². The molecule has 5 heteroatoms. The van der Waals surface area contributed by atoms with Gasteiger partial charge in [0.2, 0.25) is 0 Å². The van der Waals surface area contributed by atoms with E-state index in [0.29, 0.717) is 6.42 Å². The summed E-state index contributed by atoms with van der Waals surface area (Å²) in [6, 6.07) is 12.4. The number of benzene rings is 2. The van der Waals surface area contributed by atoms with Crippen LogP contribution in [0.3, 0.4) is 0 Å². The fourth-order valence-electron chi connectivity index (χ4n) is 4.39. The molecule has 0 amide bonds. The van der Waals surface area contributed by atoms with Crippen molar-refractivity contribution in [1.29, 1.82) is 0 Å². The van der Waals surface area contributed by atoms with Crippen LogP contribution in [0.1, 0.15) is 53.8 Å². The van der Waals surface area contributed by atoms with Gasteiger partial charge in [0.25, 0.3) is 0 Å². The average molecular weight is 400 g/mol. The smallest absolute Gasteiger partial charge is 0.174 e. The van der Waals surface area contributed by atoms with Crippen LogP contribution in [0.4, 0.5) is 0 Å². The van der Waals surface area contributed by atoms with Crippen molar-refractivity contribution < 1.29 is 27.3 Å². The van der Waals surface area contributed by atoms with E-state index >= 15 is 0 Å². The number of piperidine rings is 1. The summed E-state index contributed by atoms with van der Waals surface area (Å²) >= 11 is 0. The highest BCUT2D eigenvalue weighted by Crippen LogP contribution is 2.39. The molecule has 1 fully saturated rings. The molecular formula is C24H27NO4. The molecule has 1 aliphatic heterocycles. The maximum Gasteiger partial charge on any atom is 0.174 e. The normalized spacial score (nSPS) is 22.1. The van der Waals surface area contributed by atoms with E-state index in [1.54, 1.807) is 0 Å². The molecule has 0 spiro atoms. The number of Topliss-reactive ketones (excluding diaryl/α,β-unsaturated/α-hetero) is 2. The van der Waals surface area contributed by atoms with Crippen LogP contribution in [0.5, 0.6) is 11.5 Å². The standard InChI is InChI=1S/C24H27NO4/c1-28-21-13-18-19(14-22(21)29-2)24(27)20(23(18)26)12-16-8-10-25(11-9-16)15-17-6-4-3-5-7-17/h3-7,13-14,16,20H,8-12,15H2,1-2H3/i1D3,2D3. The van der Waals surface area contributed by atoms with E-state index in [0.717, 1.165) is 44.6 Å². The molecule has 1 heterocycles. The summed E-state index contributed by atoms with van der Waals surface area (Å²) in [5.41, 5.74) is 1.32. The van der Waals surface area contributed by atoms with Crippen molar-refractivity contribution in [3.8, 4) is 11.5 Å². The van der Waals surface area contributed by atoms with Crippen molar-refractivity contribution in [2.75, 3.05) is 27.2 Å². The Hall–Kier alpha value is -2.66. The second-order valence-corrected chi connectivity index (χ2v) is 7.77. The van der Waals surface area contributed by atoms with Crippen LogP contribution >= 0.6 is 0 Å². The number of methoxy groups -OCH3 is 2. The maximum absolute atomic E-state index is 13.1. The van der Waals surface area contributed by atoms with Gasteiger partial charge in [0.05, 0.1) is 28.2 Å². The van der Waals surface area contributed by atoms with Gasteiger partial charge in [-0.2, -0.15) is 0 Å². The van der Waals surface area contributed by atoms with Crippen molar-refractivity contribution in [3.63, 3.8) is 0 Å². The lowest BCUT2D eigenvalue weighted by Crippen LogP contribution is -2.34. The molecule has 29 heavy (non-hydrogen) atoms. The number of hydrogen-bond donors (Lipinski definition) is 0. The average Bonchev–Trinajstić information content (AvgIpc) is 2.98. The molecule has 2 aromatic carbocycles. The highest BCUT2D eigenvalue weighted by molar-refractivity contribution is 6.26. The van der Waals surface area contributed by atoms with Crippen LogP contribution in [-0.4, -0.2) is 43.6 Å². The zero-order chi connectivity index (χ0) is 25.4. The minimum absolute atomic E-state index is 0.0404. The number of hydrogen-bond acceptors (Lipinski definition) is 5. The molecular weight excluding hydrogens is 366 g/mol. The zero-order valence-electron chi connectivity index (χ0n) is 22.0. The van der Waals surface area contributed by atoms with E-state index in [1.165, 1.54) is 5.56 Å². The summed E-state index contributed by atoms with van der Waals surface area (Å²) < 4.78 is 53.8. The molecule has 2 aromatic rings. The minimum atomic E-state index is -2.89. The Labute approximate surface area is 180 Å². The van der Waals surface area contributed by atoms with Gasteiger partial charge in [-0.25, -0.2) is 0 Å². The van der Waals surface area contributed by atoms with Gasteiger partial charge in [0, 0.05) is 17.7 Å². The fourth-order valence-corrected chi connectivity index (χ4v) is 4.39. The first-order chi connectivity index (χ1) is 16.4. The first-order valence-electron chi connectivity index (χ1n) is 12.8. The maximum atomic E-state index is 13.1. The fraction of sp³-hybridized carbons (Fsp3) is 0.417. The van der Waals surface area contributed by atoms with Crippen LogP contribution in [0, 0.1) is 11.8 Å². The number of carbonyl (C=O) groups is 2. The number of ketones is 2. The summed E-state index contributed by atoms with van der Waals surface area (Å²) in [7, 11) is -5.78. The molecule has 0 N–H and O–H groups in total. The van der Waals surface area contributed by atoms with Gasteiger partial charge >= 0.3 is 0 Å². The van der Waals surface area contributed by atoms with E-state index in [-0.39, 0.29) is 17.0 Å². The quantitative estimate of drug-likeness (QED) is 0.687. The summed E-state index contributed by atoms with van der Waals surface area (Å²) in [5.74, 6) is -2.28. The largest absolute Gasteiger partial charge is 0.493 e. The summed E-state index contributed by atoms with van der Waals surface area (Å²) in [6.45, 7) is 2.60. The Morgan fingerprint density at radius 3 is 2.10 bits per heavy atom. The molecule has 0 unspecified atom stereocenters. The Morgan fingerprint density at radius 1 is 0.966 bits per heavy atom. The first-order valence-corrected chi connectivity index (χ1v) is 9.80. The third kappa shape index (κ3) is 3.92. The summed E-state index contributed by atoms with van der Waals surface area (Å²) in [5, 5.41) is 0. The second kappa shape index (κ2) is 8.37. The van der Waals surface area contributed by atoms with Gasteiger partial charge in [-0.1, -0.05) is 30.3 Å². The van der Waals surface area contributed by atoms with Gasteiger partial charge in [0.15, 0.2) is 23.1 Å². The molecule has 152 valence electrons. The predicted octanol–water partition coefficient (Wildman–Crippen LogP) is 4.00. The number of ether oxygens (including phenoxy) is 2. The first kappa shape index (κ1) is 13.5. The topological polar surface area (TPSA) is 55.8 Å². The van der Waals surface area contributed by atoms with Gasteiger partial charge in [-0.15, -0.1) is 0 Å². The molecule has 0 aromatic heterocycles. The Balaban J connectivity index is 1.46. The van der Waals surface area contributed by atoms with Crippen LogP contribution in [-0.2, 0) is 6.54 Å². The molecule has 5 nitrogen and oxygen atoms in total. The number of rotatable bonds is 6. The number of carbonyl (C=O) groups excluding carboxylic acids is 2. The number of nitrogens with zero attached hydrogens (tertiary/aromatic N) is 1. The van der Waals surface area contributed by atoms with Crippen LogP contribution in [0.2, 0.25) is 0 Å². The Kier molecular flexibility index (Phi) is 3.91. The van der Waals surface area contributed by atoms with E-state index < -0.39 is 43.1 Å². The van der Waals surface area contributed by atoms with Crippen molar-refractivity contribution >= 4 is 11.6 Å². The van der Waals surface area contributed by atoms with Gasteiger partial charge < -0.3 is 9.47 Å². The molecule has 4 rings (SSSR count). The zero-order valence-corrected chi connectivity index (χ0v) is 16.0. The summed E-state index contributed by atoms with van der Waals surface area (Å²) in [4.78, 5) is 28.6. The van der Waals surface area contributed by atoms with Crippen molar-refractivity contribution in [3.05, 3.63) is 59.2 Å². The van der Waals surface area contributed by atoms with Crippen LogP contribution in [0.25, 0.3) is 0 Å². The molecule has 0 bridgehead atoms. The predicted molar refractivity (Wildman–Crippen MR) is 111 cm³/mol. The van der Waals surface area contributed by atoms with E-state index in [1.807, 2.05) is 18.2 Å². The molecule has 0 radical (unpaired) electrons. The third-order valence-corrected chi connectivity index (χ3v) is 5.99. The Bertz CT molecular complexity index is 1040. The SMILES string of the molecule is [2H]C([2H])([2H])Oc1cc2c(cc1OC([2H])([2H])[2H])C(=O)C(CC1CCN(Cc3ccccc3)CC1)C2=O. The van der Waals surface area contributed by atoms with Crippen LogP contribution in [0.15, 0.2) is 42.5 Å². The molecule has 1 aliphatic carbocycles.